The van der Waals surface area contributed by atoms with Gasteiger partial charge in [0.15, 0.2) is 0 Å². The number of aliphatic carboxylic acids is 1. The van der Waals surface area contributed by atoms with Gasteiger partial charge in [-0.15, -0.1) is 0 Å². The van der Waals surface area contributed by atoms with Gasteiger partial charge in [0, 0.05) is 6.42 Å². The molecule has 0 spiro atoms. The predicted molar refractivity (Wildman–Crippen MR) is 117 cm³/mol. The number of aliphatic hydroxyl groups is 1. The van der Waals surface area contributed by atoms with E-state index in [1.54, 1.807) is 30.3 Å². The van der Waals surface area contributed by atoms with Gasteiger partial charge in [0.05, 0.1) is 18.7 Å². The van der Waals surface area contributed by atoms with E-state index in [2.05, 4.69) is 16.0 Å². The highest BCUT2D eigenvalue weighted by Crippen LogP contribution is 2.04. The van der Waals surface area contributed by atoms with Crippen molar-refractivity contribution in [2.24, 2.45) is 11.5 Å². The number of nitrogens with one attached hydrogen (secondary N) is 3. The smallest absolute Gasteiger partial charge is 0.326 e. The van der Waals surface area contributed by atoms with Gasteiger partial charge in [-0.05, 0) is 31.9 Å². The van der Waals surface area contributed by atoms with E-state index in [1.807, 2.05) is 0 Å². The van der Waals surface area contributed by atoms with Crippen molar-refractivity contribution in [1.82, 2.24) is 16.0 Å². The van der Waals surface area contributed by atoms with E-state index in [1.165, 1.54) is 6.92 Å². The summed E-state index contributed by atoms with van der Waals surface area (Å²) in [5.74, 6) is -3.35. The van der Waals surface area contributed by atoms with Crippen LogP contribution in [0.15, 0.2) is 30.3 Å². The molecule has 0 bridgehead atoms. The van der Waals surface area contributed by atoms with E-state index in [4.69, 9.17) is 11.5 Å². The van der Waals surface area contributed by atoms with Gasteiger partial charge in [-0.1, -0.05) is 36.8 Å². The molecule has 0 aliphatic carbocycles. The zero-order chi connectivity index (χ0) is 24.1. The molecule has 0 aromatic heterocycles. The third-order valence-electron chi connectivity index (χ3n) is 4.71. The Labute approximate surface area is 186 Å². The molecule has 178 valence electrons. The number of hydrogen-bond donors (Lipinski definition) is 7. The lowest BCUT2D eigenvalue weighted by Gasteiger charge is -2.23. The Kier molecular flexibility index (Phi) is 11.9. The molecule has 1 aromatic carbocycles. The second-order valence-electron chi connectivity index (χ2n) is 7.48. The number of benzene rings is 1. The lowest BCUT2D eigenvalue weighted by Crippen LogP contribution is -2.57. The van der Waals surface area contributed by atoms with Crippen LogP contribution in [0, 0.1) is 0 Å². The van der Waals surface area contributed by atoms with E-state index in [9.17, 15) is 29.4 Å². The summed E-state index contributed by atoms with van der Waals surface area (Å²) in [7, 11) is 0. The van der Waals surface area contributed by atoms with Gasteiger partial charge < -0.3 is 37.6 Å². The predicted octanol–water partition coefficient (Wildman–Crippen LogP) is -1.76. The molecule has 3 amide bonds. The van der Waals surface area contributed by atoms with Gasteiger partial charge in [0.1, 0.15) is 12.1 Å². The number of carboxylic acids is 1. The van der Waals surface area contributed by atoms with Crippen LogP contribution in [0.5, 0.6) is 0 Å². The van der Waals surface area contributed by atoms with Gasteiger partial charge in [0.25, 0.3) is 0 Å². The quantitative estimate of drug-likeness (QED) is 0.161. The Morgan fingerprint density at radius 3 is 2.25 bits per heavy atom. The molecule has 0 aliphatic rings. The third kappa shape index (κ3) is 9.86. The van der Waals surface area contributed by atoms with E-state index in [-0.39, 0.29) is 6.42 Å². The van der Waals surface area contributed by atoms with Crippen molar-refractivity contribution in [3.8, 4) is 0 Å². The molecule has 32 heavy (non-hydrogen) atoms. The van der Waals surface area contributed by atoms with Crippen molar-refractivity contribution < 1.29 is 29.4 Å². The highest BCUT2D eigenvalue weighted by molar-refractivity contribution is 5.92. The first-order valence-corrected chi connectivity index (χ1v) is 10.4. The SMILES string of the molecule is CC(O)C(NC(=O)C(N)CCCCN)C(=O)NCC(=O)NC(Cc1ccccc1)C(=O)O. The van der Waals surface area contributed by atoms with Gasteiger partial charge in [0.2, 0.25) is 17.7 Å². The molecular formula is C21H33N5O6. The molecule has 0 aliphatic heterocycles. The second kappa shape index (κ2) is 14.1. The van der Waals surface area contributed by atoms with Gasteiger partial charge in [-0.25, -0.2) is 4.79 Å². The van der Waals surface area contributed by atoms with Crippen molar-refractivity contribution in [1.29, 1.82) is 0 Å². The van der Waals surface area contributed by atoms with Crippen LogP contribution in [0.3, 0.4) is 0 Å². The number of carboxylic acid groups (broad SMARTS) is 1. The fraction of sp³-hybridized carbons (Fsp3) is 0.524. The number of unbranched alkanes of at least 4 members (excludes halogenated alkanes) is 1. The molecule has 0 saturated carbocycles. The first-order chi connectivity index (χ1) is 15.1. The summed E-state index contributed by atoms with van der Waals surface area (Å²) in [5, 5.41) is 26.2. The van der Waals surface area contributed by atoms with Crippen LogP contribution in [0.1, 0.15) is 31.7 Å². The average Bonchev–Trinajstić information content (AvgIpc) is 2.75. The van der Waals surface area contributed by atoms with Crippen LogP contribution < -0.4 is 27.4 Å². The van der Waals surface area contributed by atoms with Crippen molar-refractivity contribution in [3.05, 3.63) is 35.9 Å². The largest absolute Gasteiger partial charge is 0.480 e. The minimum Gasteiger partial charge on any atom is -0.480 e. The Hall–Kier alpha value is -3.02. The van der Waals surface area contributed by atoms with Gasteiger partial charge in [-0.3, -0.25) is 14.4 Å². The fourth-order valence-electron chi connectivity index (χ4n) is 2.88. The molecule has 0 saturated heterocycles. The summed E-state index contributed by atoms with van der Waals surface area (Å²) in [6, 6.07) is 5.40. The normalized spacial score (nSPS) is 14.5. The summed E-state index contributed by atoms with van der Waals surface area (Å²) in [4.78, 5) is 48.2. The summed E-state index contributed by atoms with van der Waals surface area (Å²) >= 11 is 0. The summed E-state index contributed by atoms with van der Waals surface area (Å²) < 4.78 is 0. The van der Waals surface area contributed by atoms with Crippen LogP contribution in [0.2, 0.25) is 0 Å². The lowest BCUT2D eigenvalue weighted by molar-refractivity contribution is -0.141. The molecule has 9 N–H and O–H groups in total. The molecule has 1 rings (SSSR count). The van der Waals surface area contributed by atoms with E-state index >= 15 is 0 Å². The molecule has 0 heterocycles. The van der Waals surface area contributed by atoms with Crippen LogP contribution >= 0.6 is 0 Å². The zero-order valence-corrected chi connectivity index (χ0v) is 18.1. The lowest BCUT2D eigenvalue weighted by atomic mass is 10.1. The van der Waals surface area contributed by atoms with Crippen molar-refractivity contribution in [2.45, 2.75) is 56.8 Å². The maximum absolute atomic E-state index is 12.4. The molecular weight excluding hydrogens is 418 g/mol. The number of aliphatic hydroxyl groups excluding tert-OH is 1. The van der Waals surface area contributed by atoms with Crippen molar-refractivity contribution in [3.63, 3.8) is 0 Å². The Bertz CT molecular complexity index is 758. The number of nitrogens with two attached hydrogens (primary N) is 2. The fourth-order valence-corrected chi connectivity index (χ4v) is 2.88. The zero-order valence-electron chi connectivity index (χ0n) is 18.1. The molecule has 0 radical (unpaired) electrons. The van der Waals surface area contributed by atoms with E-state index in [0.717, 1.165) is 5.56 Å². The molecule has 11 nitrogen and oxygen atoms in total. The number of carbonyl (C=O) groups is 4. The Balaban J connectivity index is 2.58. The molecule has 0 fully saturated rings. The van der Waals surface area contributed by atoms with E-state index < -0.39 is 54.5 Å². The maximum atomic E-state index is 12.4. The minimum absolute atomic E-state index is 0.0737. The standard InChI is InChI=1S/C21H33N5O6/c1-13(27)18(26-19(29)15(23)9-5-6-10-22)20(30)24-12-17(28)25-16(21(31)32)11-14-7-3-2-4-8-14/h2-4,7-8,13,15-16,18,27H,5-6,9-12,22-23H2,1H3,(H,24,30)(H,25,28)(H,26,29)(H,31,32). The highest BCUT2D eigenvalue weighted by Gasteiger charge is 2.28. The third-order valence-corrected chi connectivity index (χ3v) is 4.71. The average molecular weight is 452 g/mol. The monoisotopic (exact) mass is 451 g/mol. The maximum Gasteiger partial charge on any atom is 0.326 e. The number of rotatable bonds is 14. The summed E-state index contributed by atoms with van der Waals surface area (Å²) in [6.45, 7) is 1.26. The highest BCUT2D eigenvalue weighted by atomic mass is 16.4. The number of hydrogen-bond acceptors (Lipinski definition) is 7. The number of amides is 3. The topological polar surface area (TPSA) is 197 Å². The first kappa shape index (κ1) is 27.0. The first-order valence-electron chi connectivity index (χ1n) is 10.4. The minimum atomic E-state index is -1.32. The summed E-state index contributed by atoms with van der Waals surface area (Å²) in [6.07, 6.45) is 0.549. The van der Waals surface area contributed by atoms with Crippen molar-refractivity contribution in [2.75, 3.05) is 13.1 Å². The van der Waals surface area contributed by atoms with Crippen LogP contribution in [-0.2, 0) is 25.6 Å². The Morgan fingerprint density at radius 2 is 1.69 bits per heavy atom. The molecule has 1 aromatic rings. The van der Waals surface area contributed by atoms with Gasteiger partial charge >= 0.3 is 5.97 Å². The van der Waals surface area contributed by atoms with Crippen LogP contribution in [0.4, 0.5) is 0 Å². The molecule has 4 unspecified atom stereocenters. The second-order valence-corrected chi connectivity index (χ2v) is 7.48. The van der Waals surface area contributed by atoms with E-state index in [0.29, 0.717) is 25.8 Å². The summed E-state index contributed by atoms with van der Waals surface area (Å²) in [5.41, 5.74) is 11.9. The van der Waals surface area contributed by atoms with Gasteiger partial charge in [-0.2, -0.15) is 0 Å². The van der Waals surface area contributed by atoms with Crippen molar-refractivity contribution >= 4 is 23.7 Å². The number of carbonyl (C=O) groups excluding carboxylic acids is 3. The molecule has 4 atom stereocenters. The van der Waals surface area contributed by atoms with Crippen LogP contribution in [0.25, 0.3) is 0 Å². The van der Waals surface area contributed by atoms with Crippen LogP contribution in [-0.4, -0.2) is 71.2 Å². The Morgan fingerprint density at radius 1 is 1.03 bits per heavy atom. The molecule has 11 heteroatoms.